The summed E-state index contributed by atoms with van der Waals surface area (Å²) < 4.78 is 10.1. The fourth-order valence-corrected chi connectivity index (χ4v) is 1.89. The Morgan fingerprint density at radius 1 is 1.53 bits per heavy atom. The van der Waals surface area contributed by atoms with Crippen LogP contribution in [0.4, 0.5) is 0 Å². The summed E-state index contributed by atoms with van der Waals surface area (Å²) in [7, 11) is -0.176. The molecule has 1 atom stereocenters. The quantitative estimate of drug-likeness (QED) is 0.513. The first-order valence-electron chi connectivity index (χ1n) is 5.31. The van der Waals surface area contributed by atoms with Crippen molar-refractivity contribution >= 4 is 18.6 Å². The van der Waals surface area contributed by atoms with Gasteiger partial charge in [0.1, 0.15) is 12.4 Å². The molecule has 2 N–H and O–H groups in total. The van der Waals surface area contributed by atoms with Crippen LogP contribution in [0.3, 0.4) is 0 Å². The van der Waals surface area contributed by atoms with Crippen LogP contribution < -0.4 is 10.2 Å². The molecule has 0 saturated carbocycles. The summed E-state index contributed by atoms with van der Waals surface area (Å²) in [5.41, 5.74) is 1.18. The molecule has 0 radical (unpaired) electrons. The van der Waals surface area contributed by atoms with Crippen molar-refractivity contribution in [2.45, 2.75) is 6.42 Å². The zero-order valence-corrected chi connectivity index (χ0v) is 9.42. The highest BCUT2D eigenvalue weighted by Crippen LogP contribution is 2.26. The lowest BCUT2D eigenvalue weighted by Crippen LogP contribution is -2.33. The maximum Gasteiger partial charge on any atom is 0.488 e. The minimum atomic E-state index is -1.51. The number of esters is 1. The van der Waals surface area contributed by atoms with E-state index >= 15 is 0 Å². The molecular weight excluding hydrogens is 223 g/mol. The lowest BCUT2D eigenvalue weighted by molar-refractivity contribution is -0.146. The van der Waals surface area contributed by atoms with Gasteiger partial charge in [0, 0.05) is 0 Å². The molecule has 1 aromatic rings. The number of ether oxygens (including phenoxy) is 2. The molecule has 5 nitrogen and oxygen atoms in total. The molecule has 0 saturated heterocycles. The Morgan fingerprint density at radius 3 is 2.94 bits per heavy atom. The van der Waals surface area contributed by atoms with Gasteiger partial charge in [-0.3, -0.25) is 4.79 Å². The largest absolute Gasteiger partial charge is 0.492 e. The molecule has 1 aliphatic heterocycles. The van der Waals surface area contributed by atoms with Crippen LogP contribution in [0, 0.1) is 5.92 Å². The molecule has 1 aliphatic rings. The number of carbonyl (C=O) groups is 1. The molecule has 0 aromatic heterocycles. The van der Waals surface area contributed by atoms with Crippen molar-refractivity contribution in [2.24, 2.45) is 5.92 Å². The van der Waals surface area contributed by atoms with Crippen molar-refractivity contribution in [3.05, 3.63) is 23.8 Å². The lowest BCUT2D eigenvalue weighted by atomic mass is 9.78. The fourth-order valence-electron chi connectivity index (χ4n) is 1.89. The van der Waals surface area contributed by atoms with Gasteiger partial charge in [-0.1, -0.05) is 12.1 Å². The maximum atomic E-state index is 11.4. The number of benzene rings is 1. The Hall–Kier alpha value is -1.53. The van der Waals surface area contributed by atoms with Crippen LogP contribution in [-0.4, -0.2) is 36.9 Å². The van der Waals surface area contributed by atoms with E-state index in [1.807, 2.05) is 0 Å². The lowest BCUT2D eigenvalue weighted by Gasteiger charge is -2.24. The minimum Gasteiger partial charge on any atom is -0.492 e. The van der Waals surface area contributed by atoms with Crippen molar-refractivity contribution in [1.29, 1.82) is 0 Å². The number of methoxy groups -OCH3 is 1. The molecule has 0 fully saturated rings. The second-order valence-corrected chi connectivity index (χ2v) is 3.98. The van der Waals surface area contributed by atoms with Crippen LogP contribution in [0.25, 0.3) is 0 Å². The summed E-state index contributed by atoms with van der Waals surface area (Å²) >= 11 is 0. The van der Waals surface area contributed by atoms with Crippen molar-refractivity contribution < 1.29 is 24.3 Å². The first kappa shape index (κ1) is 11.9. The van der Waals surface area contributed by atoms with Gasteiger partial charge < -0.3 is 19.5 Å². The molecule has 90 valence electrons. The van der Waals surface area contributed by atoms with E-state index in [0.29, 0.717) is 24.2 Å². The molecular formula is C11H13BO5. The Bertz CT molecular complexity index is 432. The number of rotatable bonds is 2. The van der Waals surface area contributed by atoms with Crippen LogP contribution in [0.2, 0.25) is 0 Å². The number of hydrogen-bond acceptors (Lipinski definition) is 5. The SMILES string of the molecule is COC(=O)C1COc2ccc(B(O)O)cc2C1. The first-order chi connectivity index (χ1) is 8.11. The third kappa shape index (κ3) is 2.43. The summed E-state index contributed by atoms with van der Waals surface area (Å²) in [4.78, 5) is 11.4. The Balaban J connectivity index is 2.23. The second kappa shape index (κ2) is 4.77. The normalized spacial score (nSPS) is 17.9. The molecule has 1 heterocycles. The molecule has 0 spiro atoms. The van der Waals surface area contributed by atoms with E-state index in [4.69, 9.17) is 14.8 Å². The number of carbonyl (C=O) groups excluding carboxylic acids is 1. The van der Waals surface area contributed by atoms with Gasteiger partial charge in [0.2, 0.25) is 0 Å². The van der Waals surface area contributed by atoms with Crippen molar-refractivity contribution in [3.63, 3.8) is 0 Å². The summed E-state index contributed by atoms with van der Waals surface area (Å²) in [6, 6.07) is 4.90. The third-order valence-corrected chi connectivity index (χ3v) is 2.82. The van der Waals surface area contributed by atoms with Crippen LogP contribution in [0.5, 0.6) is 5.75 Å². The molecule has 0 bridgehead atoms. The van der Waals surface area contributed by atoms with Gasteiger partial charge in [0.25, 0.3) is 0 Å². The van der Waals surface area contributed by atoms with E-state index in [1.54, 1.807) is 18.2 Å². The van der Waals surface area contributed by atoms with Gasteiger partial charge in [0.15, 0.2) is 0 Å². The van der Waals surface area contributed by atoms with E-state index in [9.17, 15) is 4.79 Å². The van der Waals surface area contributed by atoms with E-state index in [0.717, 1.165) is 5.56 Å². The highest BCUT2D eigenvalue weighted by Gasteiger charge is 2.27. The van der Waals surface area contributed by atoms with Crippen LogP contribution in [0.15, 0.2) is 18.2 Å². The van der Waals surface area contributed by atoms with Gasteiger partial charge in [-0.05, 0) is 23.5 Å². The van der Waals surface area contributed by atoms with Crippen LogP contribution in [0.1, 0.15) is 5.56 Å². The van der Waals surface area contributed by atoms with Gasteiger partial charge in [-0.25, -0.2) is 0 Å². The zero-order valence-electron chi connectivity index (χ0n) is 9.42. The van der Waals surface area contributed by atoms with Crippen molar-refractivity contribution in [3.8, 4) is 5.75 Å². The molecule has 1 aromatic carbocycles. The summed E-state index contributed by atoms with van der Waals surface area (Å²) in [5.74, 6) is 0.0266. The summed E-state index contributed by atoms with van der Waals surface area (Å²) in [6.07, 6.45) is 0.489. The van der Waals surface area contributed by atoms with Gasteiger partial charge in [-0.2, -0.15) is 0 Å². The van der Waals surface area contributed by atoms with E-state index in [2.05, 4.69) is 4.74 Å². The zero-order chi connectivity index (χ0) is 12.4. The molecule has 0 aliphatic carbocycles. The van der Waals surface area contributed by atoms with Crippen molar-refractivity contribution in [1.82, 2.24) is 0 Å². The van der Waals surface area contributed by atoms with Crippen LogP contribution in [-0.2, 0) is 16.0 Å². The first-order valence-corrected chi connectivity index (χ1v) is 5.31. The Morgan fingerprint density at radius 2 is 2.29 bits per heavy atom. The summed E-state index contributed by atoms with van der Waals surface area (Å²) in [6.45, 7) is 0.292. The number of fused-ring (bicyclic) bond motifs is 1. The predicted molar refractivity (Wildman–Crippen MR) is 61.0 cm³/mol. The van der Waals surface area contributed by atoms with Crippen LogP contribution >= 0.6 is 0 Å². The Kier molecular flexibility index (Phi) is 3.35. The van der Waals surface area contributed by atoms with Gasteiger partial charge in [-0.15, -0.1) is 0 Å². The van der Waals surface area contributed by atoms with Gasteiger partial charge >= 0.3 is 13.1 Å². The van der Waals surface area contributed by atoms with Crippen molar-refractivity contribution in [2.75, 3.05) is 13.7 Å². The molecule has 2 rings (SSSR count). The third-order valence-electron chi connectivity index (χ3n) is 2.82. The fraction of sp³-hybridized carbons (Fsp3) is 0.364. The molecule has 17 heavy (non-hydrogen) atoms. The highest BCUT2D eigenvalue weighted by atomic mass is 16.5. The van der Waals surface area contributed by atoms with E-state index < -0.39 is 7.12 Å². The van der Waals surface area contributed by atoms with Gasteiger partial charge in [0.05, 0.1) is 13.0 Å². The maximum absolute atomic E-state index is 11.4. The predicted octanol–water partition coefficient (Wildman–Crippen LogP) is -0.910. The molecule has 0 amide bonds. The van der Waals surface area contributed by atoms with E-state index in [-0.39, 0.29) is 11.9 Å². The standard InChI is InChI=1S/C11H13BO5/c1-16-11(13)8-4-7-5-9(12(14)15)2-3-10(7)17-6-8/h2-3,5,8,14-15H,4,6H2,1H3. The summed E-state index contributed by atoms with van der Waals surface area (Å²) in [5, 5.41) is 18.1. The number of hydrogen-bond donors (Lipinski definition) is 2. The monoisotopic (exact) mass is 236 g/mol. The minimum absolute atomic E-state index is 0.292. The molecule has 1 unspecified atom stereocenters. The average molecular weight is 236 g/mol. The topological polar surface area (TPSA) is 76.0 Å². The Labute approximate surface area is 99.1 Å². The second-order valence-electron chi connectivity index (χ2n) is 3.98. The highest BCUT2D eigenvalue weighted by molar-refractivity contribution is 6.58. The smallest absolute Gasteiger partial charge is 0.488 e. The van der Waals surface area contributed by atoms with E-state index in [1.165, 1.54) is 7.11 Å². The average Bonchev–Trinajstić information content (AvgIpc) is 2.36. The molecule has 6 heteroatoms.